The summed E-state index contributed by atoms with van der Waals surface area (Å²) in [6.45, 7) is 1.63. The first-order valence-corrected chi connectivity index (χ1v) is 9.66. The SMILES string of the molecule is CCOC(=O)COc1c(Cl)cc(C=C2N=C(c3cccc(OC)c3)OC2=O)cc1OC. The highest BCUT2D eigenvalue weighted by atomic mass is 35.5. The summed E-state index contributed by atoms with van der Waals surface area (Å²) >= 11 is 6.30. The number of aliphatic imine (C=N–C) groups is 1. The van der Waals surface area contributed by atoms with Gasteiger partial charge in [-0.1, -0.05) is 17.7 Å². The van der Waals surface area contributed by atoms with Crippen molar-refractivity contribution in [3.05, 3.63) is 58.2 Å². The maximum atomic E-state index is 12.3. The van der Waals surface area contributed by atoms with E-state index in [1.165, 1.54) is 13.2 Å². The third-order valence-electron chi connectivity index (χ3n) is 4.13. The predicted octanol–water partition coefficient (Wildman–Crippen LogP) is 3.64. The number of ether oxygens (including phenoxy) is 5. The first-order chi connectivity index (χ1) is 14.9. The monoisotopic (exact) mass is 445 g/mol. The zero-order valence-electron chi connectivity index (χ0n) is 17.1. The first kappa shape index (κ1) is 22.2. The molecule has 3 rings (SSSR count). The fraction of sp³-hybridized carbons (Fsp3) is 0.227. The van der Waals surface area contributed by atoms with E-state index in [1.807, 2.05) is 0 Å². The molecule has 162 valence electrons. The number of nitrogens with zero attached hydrogens (tertiary/aromatic N) is 1. The lowest BCUT2D eigenvalue weighted by Crippen LogP contribution is -2.15. The highest BCUT2D eigenvalue weighted by Gasteiger charge is 2.25. The van der Waals surface area contributed by atoms with Gasteiger partial charge in [-0.3, -0.25) is 0 Å². The van der Waals surface area contributed by atoms with Crippen molar-refractivity contribution in [2.45, 2.75) is 6.92 Å². The van der Waals surface area contributed by atoms with E-state index in [0.717, 1.165) is 0 Å². The number of methoxy groups -OCH3 is 2. The topological polar surface area (TPSA) is 92.7 Å². The second-order valence-corrected chi connectivity index (χ2v) is 6.60. The molecular formula is C22H20ClNO7. The van der Waals surface area contributed by atoms with E-state index < -0.39 is 11.9 Å². The Labute approximate surface area is 184 Å². The van der Waals surface area contributed by atoms with Gasteiger partial charge < -0.3 is 23.7 Å². The number of esters is 2. The van der Waals surface area contributed by atoms with Crippen LogP contribution in [0.5, 0.6) is 17.2 Å². The van der Waals surface area contributed by atoms with Gasteiger partial charge in [0, 0.05) is 5.56 Å². The van der Waals surface area contributed by atoms with Crippen molar-refractivity contribution in [2.24, 2.45) is 4.99 Å². The second-order valence-electron chi connectivity index (χ2n) is 6.20. The lowest BCUT2D eigenvalue weighted by molar-refractivity contribution is -0.145. The lowest BCUT2D eigenvalue weighted by atomic mass is 10.1. The van der Waals surface area contributed by atoms with Gasteiger partial charge in [-0.25, -0.2) is 14.6 Å². The van der Waals surface area contributed by atoms with Crippen LogP contribution in [-0.4, -0.2) is 45.3 Å². The Morgan fingerprint density at radius 1 is 1.19 bits per heavy atom. The van der Waals surface area contributed by atoms with Crippen molar-refractivity contribution in [1.29, 1.82) is 0 Å². The Kier molecular flexibility index (Phi) is 7.15. The van der Waals surface area contributed by atoms with Crippen LogP contribution in [-0.2, 0) is 19.1 Å². The average Bonchev–Trinajstić information content (AvgIpc) is 3.13. The summed E-state index contributed by atoms with van der Waals surface area (Å²) < 4.78 is 26.0. The molecule has 1 aliphatic rings. The van der Waals surface area contributed by atoms with E-state index in [9.17, 15) is 9.59 Å². The number of halogens is 1. The number of rotatable bonds is 8. The minimum absolute atomic E-state index is 0.0936. The van der Waals surface area contributed by atoms with E-state index >= 15 is 0 Å². The van der Waals surface area contributed by atoms with Crippen LogP contribution in [0.1, 0.15) is 18.1 Å². The molecule has 0 N–H and O–H groups in total. The van der Waals surface area contributed by atoms with E-state index in [1.54, 1.807) is 50.4 Å². The molecule has 1 aliphatic heterocycles. The standard InChI is InChI=1S/C22H20ClNO7/c1-4-29-19(25)12-30-20-16(23)8-13(10-18(20)28-3)9-17-22(26)31-21(24-17)14-6-5-7-15(11-14)27-2/h5-11H,4,12H2,1-3H3. The summed E-state index contributed by atoms with van der Waals surface area (Å²) in [5, 5.41) is 0.193. The van der Waals surface area contributed by atoms with Gasteiger partial charge in [0.05, 0.1) is 25.8 Å². The molecule has 0 unspecified atom stereocenters. The van der Waals surface area contributed by atoms with Gasteiger partial charge in [0.15, 0.2) is 23.8 Å². The Balaban J connectivity index is 1.86. The summed E-state index contributed by atoms with van der Waals surface area (Å²) in [7, 11) is 2.98. The number of carbonyl (C=O) groups excluding carboxylic acids is 2. The molecule has 31 heavy (non-hydrogen) atoms. The summed E-state index contributed by atoms with van der Waals surface area (Å²) in [5.74, 6) is 0.127. The van der Waals surface area contributed by atoms with E-state index in [2.05, 4.69) is 4.99 Å². The molecule has 0 saturated heterocycles. The van der Waals surface area contributed by atoms with Crippen LogP contribution in [0.3, 0.4) is 0 Å². The third-order valence-corrected chi connectivity index (χ3v) is 4.41. The molecule has 0 bridgehead atoms. The highest BCUT2D eigenvalue weighted by molar-refractivity contribution is 6.32. The average molecular weight is 446 g/mol. The predicted molar refractivity (Wildman–Crippen MR) is 114 cm³/mol. The fourth-order valence-electron chi connectivity index (χ4n) is 2.74. The molecule has 1 heterocycles. The minimum Gasteiger partial charge on any atom is -0.497 e. The Morgan fingerprint density at radius 3 is 2.71 bits per heavy atom. The smallest absolute Gasteiger partial charge is 0.363 e. The third kappa shape index (κ3) is 5.35. The Hall–Kier alpha value is -3.52. The van der Waals surface area contributed by atoms with Gasteiger partial charge in [0.1, 0.15) is 5.75 Å². The quantitative estimate of drug-likeness (QED) is 0.452. The number of cyclic esters (lactones) is 1. The fourth-order valence-corrected chi connectivity index (χ4v) is 3.02. The summed E-state index contributed by atoms with van der Waals surface area (Å²) in [6.07, 6.45) is 1.51. The summed E-state index contributed by atoms with van der Waals surface area (Å²) in [5.41, 5.74) is 1.23. The van der Waals surface area contributed by atoms with Crippen LogP contribution in [0, 0.1) is 0 Å². The molecule has 0 spiro atoms. The van der Waals surface area contributed by atoms with Crippen molar-refractivity contribution in [2.75, 3.05) is 27.4 Å². The molecule has 0 aromatic heterocycles. The lowest BCUT2D eigenvalue weighted by Gasteiger charge is -2.12. The van der Waals surface area contributed by atoms with Crippen molar-refractivity contribution in [3.63, 3.8) is 0 Å². The van der Waals surface area contributed by atoms with Crippen molar-refractivity contribution < 1.29 is 33.3 Å². The maximum absolute atomic E-state index is 12.3. The minimum atomic E-state index is -0.601. The zero-order chi connectivity index (χ0) is 22.4. The normalized spacial score (nSPS) is 14.1. The number of carbonyl (C=O) groups is 2. The molecule has 0 aliphatic carbocycles. The zero-order valence-corrected chi connectivity index (χ0v) is 17.9. The van der Waals surface area contributed by atoms with E-state index in [0.29, 0.717) is 16.9 Å². The van der Waals surface area contributed by atoms with Gasteiger partial charge in [-0.05, 0) is 48.9 Å². The first-order valence-electron chi connectivity index (χ1n) is 9.28. The Bertz CT molecular complexity index is 1060. The van der Waals surface area contributed by atoms with Crippen LogP contribution in [0.15, 0.2) is 47.1 Å². The molecule has 0 atom stereocenters. The molecule has 2 aromatic carbocycles. The van der Waals surface area contributed by atoms with Gasteiger partial charge in [-0.15, -0.1) is 0 Å². The highest BCUT2D eigenvalue weighted by Crippen LogP contribution is 2.37. The molecule has 0 fully saturated rings. The number of hydrogen-bond donors (Lipinski definition) is 0. The van der Waals surface area contributed by atoms with Gasteiger partial charge in [0.25, 0.3) is 0 Å². The van der Waals surface area contributed by atoms with Crippen LogP contribution in [0.2, 0.25) is 5.02 Å². The van der Waals surface area contributed by atoms with Crippen molar-refractivity contribution in [1.82, 2.24) is 0 Å². The molecular weight excluding hydrogens is 426 g/mol. The molecule has 0 amide bonds. The number of hydrogen-bond acceptors (Lipinski definition) is 8. The van der Waals surface area contributed by atoms with Crippen molar-refractivity contribution in [3.8, 4) is 17.2 Å². The molecule has 2 aromatic rings. The van der Waals surface area contributed by atoms with Crippen LogP contribution >= 0.6 is 11.6 Å². The largest absolute Gasteiger partial charge is 0.497 e. The molecule has 0 radical (unpaired) electrons. The van der Waals surface area contributed by atoms with Gasteiger partial charge in [-0.2, -0.15) is 0 Å². The van der Waals surface area contributed by atoms with Gasteiger partial charge >= 0.3 is 11.9 Å². The van der Waals surface area contributed by atoms with E-state index in [-0.39, 0.29) is 41.3 Å². The summed E-state index contributed by atoms with van der Waals surface area (Å²) in [4.78, 5) is 28.1. The molecule has 8 nitrogen and oxygen atoms in total. The van der Waals surface area contributed by atoms with Crippen LogP contribution in [0.25, 0.3) is 6.08 Å². The second kappa shape index (κ2) is 9.99. The summed E-state index contributed by atoms with van der Waals surface area (Å²) in [6, 6.07) is 10.2. The number of benzene rings is 2. The Morgan fingerprint density at radius 2 is 2.00 bits per heavy atom. The van der Waals surface area contributed by atoms with Crippen LogP contribution < -0.4 is 14.2 Å². The van der Waals surface area contributed by atoms with E-state index in [4.69, 9.17) is 35.3 Å². The molecule has 9 heteroatoms. The van der Waals surface area contributed by atoms with Gasteiger partial charge in [0.2, 0.25) is 5.90 Å². The molecule has 0 saturated carbocycles. The van der Waals surface area contributed by atoms with Crippen molar-refractivity contribution >= 4 is 35.5 Å². The maximum Gasteiger partial charge on any atom is 0.363 e. The van der Waals surface area contributed by atoms with Crippen LogP contribution in [0.4, 0.5) is 0 Å².